The van der Waals surface area contributed by atoms with Gasteiger partial charge in [-0.25, -0.2) is 0 Å². The summed E-state index contributed by atoms with van der Waals surface area (Å²) in [7, 11) is 1.78. The minimum atomic E-state index is -0.0509. The summed E-state index contributed by atoms with van der Waals surface area (Å²) in [6.45, 7) is 1.37. The Kier molecular flexibility index (Phi) is 3.55. The van der Waals surface area contributed by atoms with Gasteiger partial charge >= 0.3 is 0 Å². The number of benzene rings is 1. The topological polar surface area (TPSA) is 80.1 Å². The third-order valence-electron chi connectivity index (χ3n) is 4.66. The Balaban J connectivity index is 1.51. The number of amides is 2. The van der Waals surface area contributed by atoms with Gasteiger partial charge in [-0.2, -0.15) is 0 Å². The van der Waals surface area contributed by atoms with E-state index < -0.39 is 0 Å². The van der Waals surface area contributed by atoms with Gasteiger partial charge in [0.25, 0.3) is 5.91 Å². The Bertz CT molecular complexity index is 826. The number of nitrogens with zero attached hydrogens (tertiary/aromatic N) is 4. The maximum Gasteiger partial charge on any atom is 0.254 e. The van der Waals surface area contributed by atoms with E-state index in [1.165, 1.54) is 0 Å². The summed E-state index contributed by atoms with van der Waals surface area (Å²) in [6.07, 6.45) is 3.18. The van der Waals surface area contributed by atoms with Gasteiger partial charge in [0.05, 0.1) is 6.54 Å². The van der Waals surface area contributed by atoms with E-state index in [2.05, 4.69) is 20.1 Å². The molecule has 1 N–H and O–H groups in total. The maximum absolute atomic E-state index is 12.7. The van der Waals surface area contributed by atoms with Crippen molar-refractivity contribution < 1.29 is 9.59 Å². The second kappa shape index (κ2) is 5.74. The zero-order valence-corrected chi connectivity index (χ0v) is 13.6. The van der Waals surface area contributed by atoms with Crippen LogP contribution in [0.1, 0.15) is 40.4 Å². The van der Waals surface area contributed by atoms with Crippen LogP contribution >= 0.6 is 0 Å². The molecule has 0 radical (unpaired) electrons. The number of anilines is 1. The fraction of sp³-hybridized carbons (Fsp3) is 0.412. The van der Waals surface area contributed by atoms with E-state index >= 15 is 0 Å². The summed E-state index contributed by atoms with van der Waals surface area (Å²) in [4.78, 5) is 25.8. The number of carbonyl (C=O) groups excluding carboxylic acids is 2. The molecule has 124 valence electrons. The number of aryl methyl sites for hydroxylation is 2. The number of carbonyl (C=O) groups is 2. The molecule has 1 aromatic heterocycles. The second-order valence-electron chi connectivity index (χ2n) is 6.37. The third kappa shape index (κ3) is 2.55. The van der Waals surface area contributed by atoms with Crippen molar-refractivity contribution in [2.45, 2.75) is 38.8 Å². The number of rotatable bonds is 3. The molecule has 7 nitrogen and oxygen atoms in total. The Morgan fingerprint density at radius 1 is 1.29 bits per heavy atom. The average Bonchev–Trinajstić information content (AvgIpc) is 3.18. The molecule has 3 heterocycles. The first-order valence-corrected chi connectivity index (χ1v) is 8.21. The molecule has 2 amide bonds. The molecule has 0 spiro atoms. The molecule has 0 aliphatic carbocycles. The van der Waals surface area contributed by atoms with Crippen LogP contribution in [0.2, 0.25) is 0 Å². The molecule has 24 heavy (non-hydrogen) atoms. The average molecular weight is 325 g/mol. The summed E-state index contributed by atoms with van der Waals surface area (Å²) < 4.78 is 2.10. The molecule has 1 aromatic carbocycles. The summed E-state index contributed by atoms with van der Waals surface area (Å²) in [5.74, 6) is 1.82. The van der Waals surface area contributed by atoms with Crippen molar-refractivity contribution in [3.63, 3.8) is 0 Å². The van der Waals surface area contributed by atoms with E-state index in [-0.39, 0.29) is 11.8 Å². The van der Waals surface area contributed by atoms with E-state index in [1.54, 1.807) is 18.0 Å². The van der Waals surface area contributed by atoms with Crippen molar-refractivity contribution in [2.75, 3.05) is 12.4 Å². The Labute approximate surface area is 139 Å². The van der Waals surface area contributed by atoms with Gasteiger partial charge < -0.3 is 14.8 Å². The fourth-order valence-electron chi connectivity index (χ4n) is 3.35. The highest BCUT2D eigenvalue weighted by Gasteiger charge is 2.22. The SMILES string of the molecule is CN(Cc1nnc2n1CCC2)C(=O)c1ccc2c(c1)CCC(=O)N2. The molecule has 4 rings (SSSR count). The van der Waals surface area contributed by atoms with Gasteiger partial charge in [0, 0.05) is 37.7 Å². The van der Waals surface area contributed by atoms with Gasteiger partial charge in [-0.05, 0) is 36.6 Å². The van der Waals surface area contributed by atoms with Gasteiger partial charge in [0.2, 0.25) is 5.91 Å². The molecule has 0 bridgehead atoms. The first-order chi connectivity index (χ1) is 11.6. The number of fused-ring (bicyclic) bond motifs is 2. The van der Waals surface area contributed by atoms with Crippen molar-refractivity contribution >= 4 is 17.5 Å². The van der Waals surface area contributed by atoms with Crippen LogP contribution in [0, 0.1) is 0 Å². The lowest BCUT2D eigenvalue weighted by Gasteiger charge is -2.20. The van der Waals surface area contributed by atoms with Crippen LogP contribution in [-0.4, -0.2) is 38.5 Å². The van der Waals surface area contributed by atoms with Gasteiger partial charge in [0.15, 0.2) is 5.82 Å². The van der Waals surface area contributed by atoms with Crippen LogP contribution in [0.3, 0.4) is 0 Å². The lowest BCUT2D eigenvalue weighted by molar-refractivity contribution is -0.116. The van der Waals surface area contributed by atoms with E-state index in [1.807, 2.05) is 12.1 Å². The van der Waals surface area contributed by atoms with E-state index in [0.717, 1.165) is 42.3 Å². The van der Waals surface area contributed by atoms with Gasteiger partial charge in [-0.3, -0.25) is 9.59 Å². The molecular weight excluding hydrogens is 306 g/mol. The zero-order chi connectivity index (χ0) is 16.7. The van der Waals surface area contributed by atoms with E-state index in [4.69, 9.17) is 0 Å². The molecule has 0 saturated heterocycles. The van der Waals surface area contributed by atoms with Crippen molar-refractivity contribution in [1.29, 1.82) is 0 Å². The lowest BCUT2D eigenvalue weighted by atomic mass is 10.00. The summed E-state index contributed by atoms with van der Waals surface area (Å²) in [6, 6.07) is 5.45. The fourth-order valence-corrected chi connectivity index (χ4v) is 3.35. The van der Waals surface area contributed by atoms with Crippen molar-refractivity contribution in [3.8, 4) is 0 Å². The Morgan fingerprint density at radius 3 is 3.04 bits per heavy atom. The molecule has 2 aliphatic rings. The normalized spacial score (nSPS) is 15.6. The first-order valence-electron chi connectivity index (χ1n) is 8.21. The number of hydrogen-bond donors (Lipinski definition) is 1. The predicted octanol–water partition coefficient (Wildman–Crippen LogP) is 1.38. The highest BCUT2D eigenvalue weighted by Crippen LogP contribution is 2.24. The van der Waals surface area contributed by atoms with Gasteiger partial charge in [-0.1, -0.05) is 0 Å². The van der Waals surface area contributed by atoms with Crippen molar-refractivity contribution in [1.82, 2.24) is 19.7 Å². The smallest absolute Gasteiger partial charge is 0.254 e. The maximum atomic E-state index is 12.7. The van der Waals surface area contributed by atoms with Crippen LogP contribution in [0.4, 0.5) is 5.69 Å². The van der Waals surface area contributed by atoms with Crippen LogP contribution in [0.15, 0.2) is 18.2 Å². The molecule has 0 atom stereocenters. The molecule has 0 saturated carbocycles. The lowest BCUT2D eigenvalue weighted by Crippen LogP contribution is -2.28. The molecule has 0 unspecified atom stereocenters. The number of aromatic nitrogens is 3. The predicted molar refractivity (Wildman–Crippen MR) is 87.5 cm³/mol. The standard InChI is InChI=1S/C17H19N5O2/c1-21(10-15-20-19-14-3-2-8-22(14)15)17(24)12-4-6-13-11(9-12)5-7-16(23)18-13/h4,6,9H,2-3,5,7-8,10H2,1H3,(H,18,23). The summed E-state index contributed by atoms with van der Waals surface area (Å²) in [5.41, 5.74) is 2.45. The summed E-state index contributed by atoms with van der Waals surface area (Å²) >= 11 is 0. The third-order valence-corrected chi connectivity index (χ3v) is 4.66. The molecule has 2 aromatic rings. The zero-order valence-electron chi connectivity index (χ0n) is 13.6. The monoisotopic (exact) mass is 325 g/mol. The first kappa shape index (κ1) is 14.9. The minimum absolute atomic E-state index is 0.0272. The van der Waals surface area contributed by atoms with Crippen LogP contribution in [0.5, 0.6) is 0 Å². The van der Waals surface area contributed by atoms with Crippen LogP contribution in [0.25, 0.3) is 0 Å². The Hall–Kier alpha value is -2.70. The van der Waals surface area contributed by atoms with Crippen LogP contribution < -0.4 is 5.32 Å². The summed E-state index contributed by atoms with van der Waals surface area (Å²) in [5, 5.41) is 11.2. The van der Waals surface area contributed by atoms with Crippen LogP contribution in [-0.2, 0) is 30.7 Å². The molecule has 7 heteroatoms. The highest BCUT2D eigenvalue weighted by atomic mass is 16.2. The van der Waals surface area contributed by atoms with Gasteiger partial charge in [-0.15, -0.1) is 10.2 Å². The van der Waals surface area contributed by atoms with Gasteiger partial charge in [0.1, 0.15) is 5.82 Å². The highest BCUT2D eigenvalue weighted by molar-refractivity contribution is 5.97. The molecule has 0 fully saturated rings. The largest absolute Gasteiger partial charge is 0.334 e. The number of nitrogens with one attached hydrogen (secondary N) is 1. The van der Waals surface area contributed by atoms with Crippen molar-refractivity contribution in [2.24, 2.45) is 0 Å². The molecule has 2 aliphatic heterocycles. The van der Waals surface area contributed by atoms with Crippen molar-refractivity contribution in [3.05, 3.63) is 41.0 Å². The Morgan fingerprint density at radius 2 is 2.17 bits per heavy atom. The van der Waals surface area contributed by atoms with E-state index in [9.17, 15) is 9.59 Å². The van der Waals surface area contributed by atoms with E-state index in [0.29, 0.717) is 24.9 Å². The second-order valence-corrected chi connectivity index (χ2v) is 6.37. The quantitative estimate of drug-likeness (QED) is 0.924. The minimum Gasteiger partial charge on any atom is -0.334 e. The molecular formula is C17H19N5O2. The number of hydrogen-bond acceptors (Lipinski definition) is 4.